The monoisotopic (exact) mass is 379 g/mol. The summed E-state index contributed by atoms with van der Waals surface area (Å²) in [6.07, 6.45) is 2.83. The fraction of sp³-hybridized carbons (Fsp3) is 0.500. The van der Waals surface area contributed by atoms with Crippen LogP contribution in [-0.2, 0) is 5.54 Å². The SMILES string of the molecule is Cc1ccc(-c2nc(C3(N)CCC3)no2)cc1NC(=O)NC(C)(C)C.Cl. The summed E-state index contributed by atoms with van der Waals surface area (Å²) in [5.74, 6) is 0.959. The minimum absolute atomic E-state index is 0. The van der Waals surface area contributed by atoms with E-state index in [9.17, 15) is 4.79 Å². The van der Waals surface area contributed by atoms with Crippen LogP contribution in [0.5, 0.6) is 0 Å². The Morgan fingerprint density at radius 3 is 2.58 bits per heavy atom. The van der Waals surface area contributed by atoms with Crippen LogP contribution in [-0.4, -0.2) is 21.7 Å². The van der Waals surface area contributed by atoms with Gasteiger partial charge in [0.2, 0.25) is 0 Å². The Labute approximate surface area is 159 Å². The summed E-state index contributed by atoms with van der Waals surface area (Å²) in [7, 11) is 0. The number of nitrogens with two attached hydrogens (primary N) is 1. The van der Waals surface area contributed by atoms with Gasteiger partial charge in [-0.15, -0.1) is 12.4 Å². The van der Waals surface area contributed by atoms with Crippen LogP contribution in [0.2, 0.25) is 0 Å². The molecule has 1 heterocycles. The second-order valence-electron chi connectivity index (χ2n) is 7.79. The molecule has 4 N–H and O–H groups in total. The molecule has 2 amide bonds. The number of rotatable bonds is 3. The van der Waals surface area contributed by atoms with Crippen molar-refractivity contribution in [2.75, 3.05) is 5.32 Å². The lowest BCUT2D eigenvalue weighted by molar-refractivity contribution is 0.229. The highest BCUT2D eigenvalue weighted by molar-refractivity contribution is 5.91. The number of nitrogens with zero attached hydrogens (tertiary/aromatic N) is 2. The molecule has 0 unspecified atom stereocenters. The zero-order valence-electron chi connectivity index (χ0n) is 15.5. The van der Waals surface area contributed by atoms with Crippen molar-refractivity contribution < 1.29 is 9.32 Å². The number of carbonyl (C=O) groups excluding carboxylic acids is 1. The number of hydrogen-bond donors (Lipinski definition) is 3. The van der Waals surface area contributed by atoms with Crippen molar-refractivity contribution in [1.29, 1.82) is 0 Å². The van der Waals surface area contributed by atoms with Gasteiger partial charge in [0, 0.05) is 16.8 Å². The summed E-state index contributed by atoms with van der Waals surface area (Å²) in [6, 6.07) is 5.38. The van der Waals surface area contributed by atoms with E-state index in [1.165, 1.54) is 0 Å². The van der Waals surface area contributed by atoms with Crippen molar-refractivity contribution >= 4 is 24.1 Å². The summed E-state index contributed by atoms with van der Waals surface area (Å²) in [6.45, 7) is 7.72. The number of halogens is 1. The van der Waals surface area contributed by atoms with Gasteiger partial charge in [-0.2, -0.15) is 4.98 Å². The van der Waals surface area contributed by atoms with Gasteiger partial charge < -0.3 is 20.9 Å². The van der Waals surface area contributed by atoms with Gasteiger partial charge in [-0.05, 0) is 64.7 Å². The van der Waals surface area contributed by atoms with E-state index in [2.05, 4.69) is 20.8 Å². The Kier molecular flexibility index (Phi) is 5.63. The summed E-state index contributed by atoms with van der Waals surface area (Å²) < 4.78 is 5.38. The van der Waals surface area contributed by atoms with Gasteiger partial charge in [0.25, 0.3) is 5.89 Å². The maximum absolute atomic E-state index is 12.1. The van der Waals surface area contributed by atoms with Crippen molar-refractivity contribution in [2.45, 2.75) is 58.0 Å². The van der Waals surface area contributed by atoms with Crippen LogP contribution in [0.4, 0.5) is 10.5 Å². The number of amides is 2. The Bertz CT molecular complexity index is 793. The van der Waals surface area contributed by atoms with Crippen LogP contribution in [0, 0.1) is 6.92 Å². The number of hydrogen-bond acceptors (Lipinski definition) is 5. The standard InChI is InChI=1S/C18H25N5O2.ClH/c1-11-6-7-12(10-13(11)20-16(24)22-17(2,3)4)14-21-15(23-25-14)18(19)8-5-9-18;/h6-7,10H,5,8-9,19H2,1-4H3,(H2,20,22,24);1H. The molecule has 142 valence electrons. The van der Waals surface area contributed by atoms with Crippen LogP contribution in [0.1, 0.15) is 51.4 Å². The van der Waals surface area contributed by atoms with E-state index in [0.717, 1.165) is 30.4 Å². The maximum Gasteiger partial charge on any atom is 0.319 e. The average Bonchev–Trinajstić information content (AvgIpc) is 2.95. The first-order valence-corrected chi connectivity index (χ1v) is 8.50. The fourth-order valence-electron chi connectivity index (χ4n) is 2.71. The molecule has 0 saturated heterocycles. The van der Waals surface area contributed by atoms with Gasteiger partial charge >= 0.3 is 6.03 Å². The molecule has 0 aliphatic heterocycles. The lowest BCUT2D eigenvalue weighted by Crippen LogP contribution is -2.44. The number of aryl methyl sites for hydroxylation is 1. The summed E-state index contributed by atoms with van der Waals surface area (Å²) in [4.78, 5) is 16.6. The van der Waals surface area contributed by atoms with Crippen molar-refractivity contribution in [3.8, 4) is 11.5 Å². The topological polar surface area (TPSA) is 106 Å². The first kappa shape index (κ1) is 20.2. The van der Waals surface area contributed by atoms with Crippen LogP contribution in [0.25, 0.3) is 11.5 Å². The van der Waals surface area contributed by atoms with Crippen molar-refractivity contribution in [1.82, 2.24) is 15.5 Å². The number of benzene rings is 1. The van der Waals surface area contributed by atoms with E-state index in [1.54, 1.807) is 0 Å². The zero-order valence-corrected chi connectivity index (χ0v) is 16.4. The first-order valence-electron chi connectivity index (χ1n) is 8.50. The third kappa shape index (κ3) is 4.34. The van der Waals surface area contributed by atoms with Crippen molar-refractivity contribution in [3.05, 3.63) is 29.6 Å². The average molecular weight is 380 g/mol. The number of anilines is 1. The molecule has 1 aliphatic rings. The quantitative estimate of drug-likeness (QED) is 0.753. The zero-order chi connectivity index (χ0) is 18.2. The van der Waals surface area contributed by atoms with Crippen LogP contribution >= 0.6 is 12.4 Å². The van der Waals surface area contributed by atoms with Gasteiger partial charge in [0.15, 0.2) is 5.82 Å². The molecule has 1 aromatic heterocycles. The molecule has 1 fully saturated rings. The predicted octanol–water partition coefficient (Wildman–Crippen LogP) is 3.72. The summed E-state index contributed by atoms with van der Waals surface area (Å²) in [5, 5.41) is 9.78. The van der Waals surface area contributed by atoms with Crippen molar-refractivity contribution in [3.63, 3.8) is 0 Å². The van der Waals surface area contributed by atoms with Gasteiger partial charge in [0.1, 0.15) is 0 Å². The van der Waals surface area contributed by atoms with E-state index in [1.807, 2.05) is 45.9 Å². The van der Waals surface area contributed by atoms with Gasteiger partial charge in [-0.3, -0.25) is 0 Å². The molecular weight excluding hydrogens is 354 g/mol. The molecule has 0 atom stereocenters. The van der Waals surface area contributed by atoms with Crippen molar-refractivity contribution in [2.24, 2.45) is 5.73 Å². The molecule has 8 heteroatoms. The van der Waals surface area contributed by atoms with E-state index in [0.29, 0.717) is 17.4 Å². The number of aromatic nitrogens is 2. The number of nitrogens with one attached hydrogen (secondary N) is 2. The summed E-state index contributed by atoms with van der Waals surface area (Å²) in [5.41, 5.74) is 7.87. The van der Waals surface area contributed by atoms with Gasteiger partial charge in [-0.1, -0.05) is 11.2 Å². The molecular formula is C18H26ClN5O2. The molecule has 2 aromatic rings. The van der Waals surface area contributed by atoms with Gasteiger partial charge in [-0.25, -0.2) is 4.79 Å². The normalized spacial score (nSPS) is 15.6. The Hall–Kier alpha value is -2.12. The van der Waals surface area contributed by atoms with Crippen LogP contribution in [0.15, 0.2) is 22.7 Å². The Morgan fingerprint density at radius 2 is 2.00 bits per heavy atom. The van der Waals surface area contributed by atoms with E-state index in [-0.39, 0.29) is 24.0 Å². The minimum atomic E-state index is -0.458. The van der Waals surface area contributed by atoms with Crippen LogP contribution in [0.3, 0.4) is 0 Å². The van der Waals surface area contributed by atoms with Crippen LogP contribution < -0.4 is 16.4 Å². The first-order chi connectivity index (χ1) is 11.7. The predicted molar refractivity (Wildman–Crippen MR) is 103 cm³/mol. The molecule has 26 heavy (non-hydrogen) atoms. The fourth-order valence-corrected chi connectivity index (χ4v) is 2.71. The molecule has 0 bridgehead atoms. The highest BCUT2D eigenvalue weighted by atomic mass is 35.5. The lowest BCUT2D eigenvalue weighted by atomic mass is 9.77. The van der Waals surface area contributed by atoms with E-state index in [4.69, 9.17) is 10.3 Å². The molecule has 3 rings (SSSR count). The largest absolute Gasteiger partial charge is 0.334 e. The number of carbonyl (C=O) groups is 1. The molecule has 1 aromatic carbocycles. The minimum Gasteiger partial charge on any atom is -0.334 e. The maximum atomic E-state index is 12.1. The third-order valence-corrected chi connectivity index (χ3v) is 4.34. The van der Waals surface area contributed by atoms with Gasteiger partial charge in [0.05, 0.1) is 5.54 Å². The Morgan fingerprint density at radius 1 is 1.31 bits per heavy atom. The lowest BCUT2D eigenvalue weighted by Gasteiger charge is -2.34. The highest BCUT2D eigenvalue weighted by Crippen LogP contribution is 2.37. The van der Waals surface area contributed by atoms with E-state index >= 15 is 0 Å². The molecule has 1 saturated carbocycles. The smallest absolute Gasteiger partial charge is 0.319 e. The highest BCUT2D eigenvalue weighted by Gasteiger charge is 2.39. The molecule has 0 spiro atoms. The molecule has 7 nitrogen and oxygen atoms in total. The number of urea groups is 1. The second kappa shape index (κ2) is 7.25. The molecule has 0 radical (unpaired) electrons. The summed E-state index contributed by atoms with van der Waals surface area (Å²) >= 11 is 0. The van der Waals surface area contributed by atoms with E-state index < -0.39 is 5.54 Å². The Balaban J connectivity index is 0.00000243. The third-order valence-electron chi connectivity index (χ3n) is 4.34. The second-order valence-corrected chi connectivity index (χ2v) is 7.79. The molecule has 1 aliphatic carbocycles.